The fraction of sp³-hybridized carbons (Fsp3) is 0.438. The molecule has 0 unspecified atom stereocenters. The third kappa shape index (κ3) is 2.70. The summed E-state index contributed by atoms with van der Waals surface area (Å²) in [5, 5.41) is 4.43. The first kappa shape index (κ1) is 13.0. The van der Waals surface area contributed by atoms with Gasteiger partial charge in [0.2, 0.25) is 0 Å². The number of aromatic nitrogens is 1. The summed E-state index contributed by atoms with van der Waals surface area (Å²) in [4.78, 5) is 4.77. The Balaban J connectivity index is 2.43. The van der Waals surface area contributed by atoms with Gasteiger partial charge in [-0.3, -0.25) is 4.98 Å². The van der Waals surface area contributed by atoms with E-state index in [9.17, 15) is 0 Å². The monoisotopic (exact) mass is 242 g/mol. The maximum absolute atomic E-state index is 4.77. The van der Waals surface area contributed by atoms with E-state index in [2.05, 4.69) is 50.4 Å². The van der Waals surface area contributed by atoms with Crippen LogP contribution < -0.4 is 5.32 Å². The minimum absolute atomic E-state index is 0.568. The predicted molar refractivity (Wildman–Crippen MR) is 78.2 cm³/mol. The molecule has 0 amide bonds. The Bertz CT molecular complexity index is 544. The van der Waals surface area contributed by atoms with Crippen LogP contribution in [0.4, 0.5) is 0 Å². The first-order valence-electron chi connectivity index (χ1n) is 6.66. The number of nitrogens with one attached hydrogen (secondary N) is 1. The largest absolute Gasteiger partial charge is 0.319 e. The summed E-state index contributed by atoms with van der Waals surface area (Å²) < 4.78 is 0. The van der Waals surface area contributed by atoms with Gasteiger partial charge in [-0.2, -0.15) is 0 Å². The van der Waals surface area contributed by atoms with Crippen molar-refractivity contribution in [1.29, 1.82) is 0 Å². The van der Waals surface area contributed by atoms with E-state index in [0.717, 1.165) is 18.5 Å². The van der Waals surface area contributed by atoms with Crippen LogP contribution in [0.15, 0.2) is 24.3 Å². The number of aryl methyl sites for hydroxylation is 1. The zero-order chi connectivity index (χ0) is 13.1. The first-order chi connectivity index (χ1) is 8.61. The molecule has 18 heavy (non-hydrogen) atoms. The van der Waals surface area contributed by atoms with E-state index in [1.807, 2.05) is 7.05 Å². The smallest absolute Gasteiger partial charge is 0.0705 e. The van der Waals surface area contributed by atoms with Crippen molar-refractivity contribution < 1.29 is 0 Å². The van der Waals surface area contributed by atoms with E-state index in [0.29, 0.717) is 5.92 Å². The Labute approximate surface area is 109 Å². The van der Waals surface area contributed by atoms with Crippen LogP contribution in [0.1, 0.15) is 36.6 Å². The summed E-state index contributed by atoms with van der Waals surface area (Å²) in [6.45, 7) is 7.58. The average molecular weight is 242 g/mol. The van der Waals surface area contributed by atoms with Crippen LogP contribution in [0, 0.1) is 6.92 Å². The fourth-order valence-corrected chi connectivity index (χ4v) is 2.20. The summed E-state index contributed by atoms with van der Waals surface area (Å²) in [5.41, 5.74) is 4.98. The topological polar surface area (TPSA) is 24.9 Å². The molecule has 0 atom stereocenters. The van der Waals surface area contributed by atoms with Gasteiger partial charge < -0.3 is 5.32 Å². The van der Waals surface area contributed by atoms with Gasteiger partial charge in [0, 0.05) is 24.0 Å². The van der Waals surface area contributed by atoms with E-state index in [4.69, 9.17) is 4.98 Å². The highest BCUT2D eigenvalue weighted by atomic mass is 14.8. The van der Waals surface area contributed by atoms with Gasteiger partial charge in [-0.05, 0) is 49.2 Å². The molecule has 1 aromatic heterocycles. The molecule has 1 heterocycles. The van der Waals surface area contributed by atoms with Crippen LogP contribution in [0.3, 0.4) is 0 Å². The van der Waals surface area contributed by atoms with Gasteiger partial charge in [0.25, 0.3) is 0 Å². The van der Waals surface area contributed by atoms with Crippen molar-refractivity contribution in [3.8, 4) is 0 Å². The molecular formula is C16H22N2. The lowest BCUT2D eigenvalue weighted by molar-refractivity contribution is 0.775. The van der Waals surface area contributed by atoms with Crippen molar-refractivity contribution in [3.05, 3.63) is 41.1 Å². The number of hydrogen-bond donors (Lipinski definition) is 1. The number of nitrogens with zero attached hydrogens (tertiary/aromatic N) is 1. The Morgan fingerprint density at radius 2 is 2.00 bits per heavy atom. The van der Waals surface area contributed by atoms with Crippen molar-refractivity contribution in [2.45, 2.75) is 33.1 Å². The molecule has 2 heteroatoms. The maximum Gasteiger partial charge on any atom is 0.0705 e. The van der Waals surface area contributed by atoms with Gasteiger partial charge in [0.1, 0.15) is 0 Å². The van der Waals surface area contributed by atoms with Crippen molar-refractivity contribution in [2.75, 3.05) is 13.6 Å². The minimum atomic E-state index is 0.568. The van der Waals surface area contributed by atoms with Crippen molar-refractivity contribution in [3.63, 3.8) is 0 Å². The Morgan fingerprint density at radius 1 is 1.22 bits per heavy atom. The zero-order valence-corrected chi connectivity index (χ0v) is 11.7. The van der Waals surface area contributed by atoms with E-state index >= 15 is 0 Å². The van der Waals surface area contributed by atoms with Crippen LogP contribution in [0.25, 0.3) is 10.9 Å². The molecule has 2 rings (SSSR count). The van der Waals surface area contributed by atoms with E-state index in [1.165, 1.54) is 22.2 Å². The molecular weight excluding hydrogens is 220 g/mol. The second-order valence-corrected chi connectivity index (χ2v) is 5.21. The highest BCUT2D eigenvalue weighted by Gasteiger charge is 2.05. The van der Waals surface area contributed by atoms with Crippen molar-refractivity contribution in [1.82, 2.24) is 10.3 Å². The number of pyridine rings is 1. The molecule has 2 nitrogen and oxygen atoms in total. The summed E-state index contributed by atoms with van der Waals surface area (Å²) >= 11 is 0. The number of rotatable bonds is 4. The predicted octanol–water partition coefficient (Wildman–Crippen LogP) is 3.43. The molecule has 0 fully saturated rings. The Morgan fingerprint density at radius 3 is 2.67 bits per heavy atom. The molecule has 0 aliphatic heterocycles. The van der Waals surface area contributed by atoms with Crippen LogP contribution in [0.5, 0.6) is 0 Å². The number of benzene rings is 1. The molecule has 0 radical (unpaired) electrons. The van der Waals surface area contributed by atoms with E-state index in [-0.39, 0.29) is 0 Å². The normalized spacial score (nSPS) is 11.4. The van der Waals surface area contributed by atoms with Gasteiger partial charge >= 0.3 is 0 Å². The lowest BCUT2D eigenvalue weighted by atomic mass is 10.00. The van der Waals surface area contributed by atoms with Crippen LogP contribution >= 0.6 is 0 Å². The molecule has 0 aliphatic carbocycles. The van der Waals surface area contributed by atoms with E-state index in [1.54, 1.807) is 0 Å². The molecule has 96 valence electrons. The second kappa shape index (κ2) is 5.49. The molecule has 0 bridgehead atoms. The van der Waals surface area contributed by atoms with Crippen LogP contribution in [-0.4, -0.2) is 18.6 Å². The van der Waals surface area contributed by atoms with Gasteiger partial charge in [-0.25, -0.2) is 0 Å². The quantitative estimate of drug-likeness (QED) is 0.888. The average Bonchev–Trinajstić information content (AvgIpc) is 2.35. The number of fused-ring (bicyclic) bond motifs is 1. The molecule has 1 aromatic carbocycles. The SMILES string of the molecule is CNCCc1nc2ccc(C(C)C)cc2cc1C. The van der Waals surface area contributed by atoms with Crippen LogP contribution in [0.2, 0.25) is 0 Å². The van der Waals surface area contributed by atoms with Gasteiger partial charge in [0.05, 0.1) is 5.52 Å². The number of likely N-dealkylation sites (N-methyl/N-ethyl adjacent to an activating group) is 1. The summed E-state index contributed by atoms with van der Waals surface area (Å²) in [7, 11) is 1.98. The van der Waals surface area contributed by atoms with Crippen molar-refractivity contribution >= 4 is 10.9 Å². The van der Waals surface area contributed by atoms with Crippen LogP contribution in [-0.2, 0) is 6.42 Å². The maximum atomic E-state index is 4.77. The van der Waals surface area contributed by atoms with Gasteiger partial charge in [0.15, 0.2) is 0 Å². The minimum Gasteiger partial charge on any atom is -0.319 e. The highest BCUT2D eigenvalue weighted by Crippen LogP contribution is 2.22. The molecule has 0 spiro atoms. The lowest BCUT2D eigenvalue weighted by Gasteiger charge is -2.10. The highest BCUT2D eigenvalue weighted by molar-refractivity contribution is 5.80. The van der Waals surface area contributed by atoms with Crippen molar-refractivity contribution in [2.24, 2.45) is 0 Å². The zero-order valence-electron chi connectivity index (χ0n) is 11.7. The molecule has 0 saturated heterocycles. The molecule has 0 aliphatic rings. The first-order valence-corrected chi connectivity index (χ1v) is 6.66. The standard InChI is InChI=1S/C16H22N2/c1-11(2)13-5-6-16-14(10-13)9-12(3)15(18-16)7-8-17-4/h5-6,9-11,17H,7-8H2,1-4H3. The Hall–Kier alpha value is -1.41. The molecule has 0 saturated carbocycles. The third-order valence-corrected chi connectivity index (χ3v) is 3.41. The summed E-state index contributed by atoms with van der Waals surface area (Å²) in [5.74, 6) is 0.568. The lowest BCUT2D eigenvalue weighted by Crippen LogP contribution is -2.12. The molecule has 2 aromatic rings. The van der Waals surface area contributed by atoms with Gasteiger partial charge in [-0.15, -0.1) is 0 Å². The second-order valence-electron chi connectivity index (χ2n) is 5.21. The van der Waals surface area contributed by atoms with E-state index < -0.39 is 0 Å². The number of hydrogen-bond acceptors (Lipinski definition) is 2. The third-order valence-electron chi connectivity index (χ3n) is 3.41. The fourth-order valence-electron chi connectivity index (χ4n) is 2.20. The Kier molecular flexibility index (Phi) is 3.97. The summed E-state index contributed by atoms with van der Waals surface area (Å²) in [6, 6.07) is 8.87. The van der Waals surface area contributed by atoms with Gasteiger partial charge in [-0.1, -0.05) is 19.9 Å². The molecule has 1 N–H and O–H groups in total. The summed E-state index contributed by atoms with van der Waals surface area (Å²) in [6.07, 6.45) is 0.990.